The van der Waals surface area contributed by atoms with Gasteiger partial charge in [0.25, 0.3) is 0 Å². The summed E-state index contributed by atoms with van der Waals surface area (Å²) < 4.78 is 24.7. The molecule has 0 heterocycles. The van der Waals surface area contributed by atoms with E-state index in [-0.39, 0.29) is 11.7 Å². The maximum atomic E-state index is 12.8. The van der Waals surface area contributed by atoms with E-state index in [2.05, 4.69) is 5.32 Å². The molecule has 21 heavy (non-hydrogen) atoms. The van der Waals surface area contributed by atoms with E-state index in [9.17, 15) is 13.4 Å². The molecule has 0 aliphatic rings. The van der Waals surface area contributed by atoms with Gasteiger partial charge in [0.1, 0.15) is 11.6 Å². The predicted octanol–water partition coefficient (Wildman–Crippen LogP) is 2.03. The van der Waals surface area contributed by atoms with Crippen LogP contribution < -0.4 is 11.1 Å². The number of anilines is 1. The van der Waals surface area contributed by atoms with Crippen LogP contribution in [-0.4, -0.2) is 15.9 Å². The molecular weight excluding hydrogens is 291 g/mol. The number of nitrogens with one attached hydrogen (secondary N) is 1. The van der Waals surface area contributed by atoms with E-state index in [1.807, 2.05) is 12.1 Å². The molecule has 2 aromatic rings. The van der Waals surface area contributed by atoms with Crippen LogP contribution in [0.1, 0.15) is 5.56 Å². The monoisotopic (exact) mass is 306 g/mol. The van der Waals surface area contributed by atoms with Gasteiger partial charge < -0.3 is 11.1 Å². The van der Waals surface area contributed by atoms with Crippen LogP contribution in [0.4, 0.5) is 10.1 Å². The van der Waals surface area contributed by atoms with Gasteiger partial charge in [0.05, 0.1) is 10.8 Å². The van der Waals surface area contributed by atoms with Crippen LogP contribution in [0.25, 0.3) is 0 Å². The van der Waals surface area contributed by atoms with Crippen molar-refractivity contribution in [3.8, 4) is 0 Å². The third-order valence-electron chi connectivity index (χ3n) is 2.81. The Hall–Kier alpha value is -2.05. The zero-order valence-corrected chi connectivity index (χ0v) is 12.0. The van der Waals surface area contributed by atoms with Crippen molar-refractivity contribution in [3.63, 3.8) is 0 Å². The van der Waals surface area contributed by atoms with Gasteiger partial charge in [-0.3, -0.25) is 9.00 Å². The Balaban J connectivity index is 1.94. The smallest absolute Gasteiger partial charge is 0.237 e. The Labute approximate surface area is 124 Å². The van der Waals surface area contributed by atoms with Crippen molar-refractivity contribution in [3.05, 3.63) is 59.9 Å². The highest BCUT2D eigenvalue weighted by Gasteiger charge is 2.10. The number of carbonyl (C=O) groups is 1. The number of carbonyl (C=O) groups excluding carboxylic acids is 1. The van der Waals surface area contributed by atoms with Crippen LogP contribution in [-0.2, 0) is 22.1 Å². The largest absolute Gasteiger partial charge is 0.326 e. The molecule has 0 bridgehead atoms. The summed E-state index contributed by atoms with van der Waals surface area (Å²) >= 11 is 0. The highest BCUT2D eigenvalue weighted by molar-refractivity contribution is 7.85. The van der Waals surface area contributed by atoms with E-state index in [4.69, 9.17) is 5.73 Å². The molecule has 2 rings (SSSR count). The molecule has 0 aliphatic heterocycles. The maximum absolute atomic E-state index is 12.8. The van der Waals surface area contributed by atoms with Gasteiger partial charge >= 0.3 is 0 Å². The Kier molecular flexibility index (Phi) is 5.19. The lowest BCUT2D eigenvalue weighted by molar-refractivity contribution is -0.113. The number of nitrogens with two attached hydrogens (primary N) is 1. The number of amides is 1. The summed E-state index contributed by atoms with van der Waals surface area (Å²) in [6.45, 7) is 0.433. The second-order valence-electron chi connectivity index (χ2n) is 4.39. The second-order valence-corrected chi connectivity index (χ2v) is 5.84. The van der Waals surface area contributed by atoms with E-state index < -0.39 is 16.6 Å². The third-order valence-corrected chi connectivity index (χ3v) is 4.13. The first-order chi connectivity index (χ1) is 10.1. The first-order valence-electron chi connectivity index (χ1n) is 6.31. The lowest BCUT2D eigenvalue weighted by Crippen LogP contribution is -2.19. The molecule has 1 amide bonds. The fourth-order valence-corrected chi connectivity index (χ4v) is 2.63. The van der Waals surface area contributed by atoms with Gasteiger partial charge in [0, 0.05) is 17.1 Å². The SMILES string of the molecule is NCc1ccc(NC(=O)CS(=O)c2ccc(F)cc2)cc1. The Morgan fingerprint density at radius 2 is 1.71 bits per heavy atom. The fraction of sp³-hybridized carbons (Fsp3) is 0.133. The maximum Gasteiger partial charge on any atom is 0.237 e. The lowest BCUT2D eigenvalue weighted by Gasteiger charge is -2.06. The molecule has 0 fully saturated rings. The summed E-state index contributed by atoms with van der Waals surface area (Å²) in [6.07, 6.45) is 0. The lowest BCUT2D eigenvalue weighted by atomic mass is 10.2. The van der Waals surface area contributed by atoms with Crippen LogP contribution in [0.15, 0.2) is 53.4 Å². The molecule has 0 saturated carbocycles. The summed E-state index contributed by atoms with van der Waals surface area (Å²) in [5.41, 5.74) is 7.07. The molecule has 3 N–H and O–H groups in total. The Morgan fingerprint density at radius 3 is 2.29 bits per heavy atom. The highest BCUT2D eigenvalue weighted by atomic mass is 32.2. The van der Waals surface area contributed by atoms with Crippen LogP contribution in [0.3, 0.4) is 0 Å². The first kappa shape index (κ1) is 15.3. The quantitative estimate of drug-likeness (QED) is 0.888. The summed E-state index contributed by atoms with van der Waals surface area (Å²) in [5.74, 6) is -0.942. The molecule has 2 aromatic carbocycles. The molecule has 0 spiro atoms. The zero-order chi connectivity index (χ0) is 15.2. The van der Waals surface area contributed by atoms with E-state index in [0.29, 0.717) is 17.1 Å². The molecule has 0 saturated heterocycles. The van der Waals surface area contributed by atoms with Gasteiger partial charge in [-0.25, -0.2) is 4.39 Å². The molecular formula is C15H15FN2O2S. The van der Waals surface area contributed by atoms with Crippen LogP contribution in [0, 0.1) is 5.82 Å². The van der Waals surface area contributed by atoms with Crippen molar-refractivity contribution in [2.45, 2.75) is 11.4 Å². The molecule has 4 nitrogen and oxygen atoms in total. The second kappa shape index (κ2) is 7.10. The topological polar surface area (TPSA) is 72.2 Å². The number of rotatable bonds is 5. The van der Waals surface area contributed by atoms with Crippen molar-refractivity contribution in [2.75, 3.05) is 11.1 Å². The van der Waals surface area contributed by atoms with Crippen molar-refractivity contribution in [2.24, 2.45) is 5.73 Å². The summed E-state index contributed by atoms with van der Waals surface area (Å²) in [4.78, 5) is 12.2. The molecule has 1 unspecified atom stereocenters. The highest BCUT2D eigenvalue weighted by Crippen LogP contribution is 2.11. The molecule has 110 valence electrons. The number of hydrogen-bond acceptors (Lipinski definition) is 3. The van der Waals surface area contributed by atoms with Crippen LogP contribution in [0.2, 0.25) is 0 Å². The summed E-state index contributed by atoms with van der Waals surface area (Å²) in [6, 6.07) is 12.4. The average Bonchev–Trinajstić information content (AvgIpc) is 2.48. The van der Waals surface area contributed by atoms with E-state index in [0.717, 1.165) is 5.56 Å². The van der Waals surface area contributed by atoms with Crippen molar-refractivity contribution < 1.29 is 13.4 Å². The van der Waals surface area contributed by atoms with E-state index >= 15 is 0 Å². The number of hydrogen-bond donors (Lipinski definition) is 2. The average molecular weight is 306 g/mol. The van der Waals surface area contributed by atoms with Gasteiger partial charge in [0.15, 0.2) is 0 Å². The van der Waals surface area contributed by atoms with Crippen LogP contribution >= 0.6 is 0 Å². The molecule has 6 heteroatoms. The zero-order valence-electron chi connectivity index (χ0n) is 11.2. The van der Waals surface area contributed by atoms with Crippen LogP contribution in [0.5, 0.6) is 0 Å². The molecule has 0 radical (unpaired) electrons. The van der Waals surface area contributed by atoms with Crippen molar-refractivity contribution in [1.29, 1.82) is 0 Å². The Bertz CT molecular complexity index is 642. The molecule has 0 aliphatic carbocycles. The van der Waals surface area contributed by atoms with E-state index in [1.165, 1.54) is 24.3 Å². The number of benzene rings is 2. The van der Waals surface area contributed by atoms with Gasteiger partial charge in [-0.15, -0.1) is 0 Å². The standard InChI is InChI=1S/C15H15FN2O2S/c16-12-3-7-14(8-4-12)21(20)10-15(19)18-13-5-1-11(9-17)2-6-13/h1-8H,9-10,17H2,(H,18,19). The van der Waals surface area contributed by atoms with Gasteiger partial charge in [-0.05, 0) is 42.0 Å². The number of halogens is 1. The summed E-state index contributed by atoms with van der Waals surface area (Å²) in [7, 11) is -1.50. The normalized spacial score (nSPS) is 11.9. The third kappa shape index (κ3) is 4.47. The fourth-order valence-electron chi connectivity index (χ4n) is 1.71. The van der Waals surface area contributed by atoms with Gasteiger partial charge in [-0.1, -0.05) is 12.1 Å². The molecule has 0 aromatic heterocycles. The van der Waals surface area contributed by atoms with Gasteiger partial charge in [-0.2, -0.15) is 0 Å². The minimum absolute atomic E-state index is 0.176. The molecule has 1 atom stereocenters. The minimum atomic E-state index is -1.50. The predicted molar refractivity (Wildman–Crippen MR) is 80.6 cm³/mol. The Morgan fingerprint density at radius 1 is 1.10 bits per heavy atom. The minimum Gasteiger partial charge on any atom is -0.326 e. The van der Waals surface area contributed by atoms with Gasteiger partial charge in [0.2, 0.25) is 5.91 Å². The van der Waals surface area contributed by atoms with Crippen molar-refractivity contribution in [1.82, 2.24) is 0 Å². The summed E-state index contributed by atoms with van der Waals surface area (Å²) in [5, 5.41) is 2.66. The van der Waals surface area contributed by atoms with Crippen molar-refractivity contribution >= 4 is 22.4 Å². The van der Waals surface area contributed by atoms with E-state index in [1.54, 1.807) is 12.1 Å². The first-order valence-corrected chi connectivity index (χ1v) is 7.63.